The Labute approximate surface area is 123 Å². The van der Waals surface area contributed by atoms with Crippen molar-refractivity contribution in [1.82, 2.24) is 5.32 Å². The maximum absolute atomic E-state index is 12.2. The minimum Gasteiger partial charge on any atom is -0.481 e. The summed E-state index contributed by atoms with van der Waals surface area (Å²) in [5.41, 5.74) is -0.703. The van der Waals surface area contributed by atoms with E-state index < -0.39 is 11.4 Å². The number of hydrogen-bond acceptors (Lipinski definition) is 3. The van der Waals surface area contributed by atoms with Gasteiger partial charge < -0.3 is 10.4 Å². The molecular formula is C15H19NO3S. The van der Waals surface area contributed by atoms with Crippen molar-refractivity contribution in [3.8, 4) is 0 Å². The van der Waals surface area contributed by atoms with Crippen LogP contribution < -0.4 is 5.32 Å². The topological polar surface area (TPSA) is 66.4 Å². The van der Waals surface area contributed by atoms with Gasteiger partial charge in [0.1, 0.15) is 0 Å². The van der Waals surface area contributed by atoms with Crippen LogP contribution in [0.25, 0.3) is 0 Å². The minimum absolute atomic E-state index is 0.0751. The van der Waals surface area contributed by atoms with Crippen molar-refractivity contribution in [2.24, 2.45) is 5.41 Å². The molecule has 1 saturated carbocycles. The average molecular weight is 293 g/mol. The van der Waals surface area contributed by atoms with Crippen LogP contribution in [0.4, 0.5) is 0 Å². The number of thioether (sulfide) groups is 1. The number of aliphatic carboxylic acids is 1. The van der Waals surface area contributed by atoms with E-state index in [4.69, 9.17) is 5.11 Å². The van der Waals surface area contributed by atoms with E-state index in [1.807, 2.05) is 37.3 Å². The lowest BCUT2D eigenvalue weighted by atomic mass is 10.1. The molecule has 0 aliphatic heterocycles. The fraction of sp³-hybridized carbons (Fsp3) is 0.467. The first-order valence-corrected chi connectivity index (χ1v) is 7.68. The number of carbonyl (C=O) groups excluding carboxylic acids is 1. The van der Waals surface area contributed by atoms with Crippen LogP contribution in [0.3, 0.4) is 0 Å². The van der Waals surface area contributed by atoms with Crippen molar-refractivity contribution in [3.05, 3.63) is 30.3 Å². The van der Waals surface area contributed by atoms with Crippen LogP contribution in [0.5, 0.6) is 0 Å². The number of hydrogen-bond donors (Lipinski definition) is 2. The Morgan fingerprint density at radius 1 is 1.35 bits per heavy atom. The molecule has 0 radical (unpaired) electrons. The first-order chi connectivity index (χ1) is 9.57. The van der Waals surface area contributed by atoms with Gasteiger partial charge in [-0.15, -0.1) is 11.8 Å². The smallest absolute Gasteiger partial charge is 0.311 e. The van der Waals surface area contributed by atoms with Crippen LogP contribution in [0.1, 0.15) is 26.2 Å². The summed E-state index contributed by atoms with van der Waals surface area (Å²) in [6.07, 6.45) is 2.03. The molecule has 1 unspecified atom stereocenters. The van der Waals surface area contributed by atoms with Crippen LogP contribution in [-0.2, 0) is 9.59 Å². The van der Waals surface area contributed by atoms with Crippen LogP contribution >= 0.6 is 11.8 Å². The second kappa shape index (κ2) is 6.31. The molecule has 1 aliphatic rings. The van der Waals surface area contributed by atoms with Crippen molar-refractivity contribution < 1.29 is 14.7 Å². The standard InChI is InChI=1S/C15H19NO3S/c1-2-12(20-11-6-4-3-5-7-11)13(17)16-10-15(8-9-15)14(18)19/h3-7,12H,2,8-10H2,1H3,(H,16,17)(H,18,19). The minimum atomic E-state index is -0.804. The van der Waals surface area contributed by atoms with E-state index in [0.717, 1.165) is 4.90 Å². The van der Waals surface area contributed by atoms with Gasteiger partial charge in [-0.3, -0.25) is 9.59 Å². The molecule has 1 amide bonds. The molecular weight excluding hydrogens is 274 g/mol. The van der Waals surface area contributed by atoms with Gasteiger partial charge in [-0.25, -0.2) is 0 Å². The zero-order chi connectivity index (χ0) is 14.6. The van der Waals surface area contributed by atoms with E-state index in [9.17, 15) is 9.59 Å². The Balaban J connectivity index is 1.88. The van der Waals surface area contributed by atoms with Gasteiger partial charge in [-0.1, -0.05) is 25.1 Å². The van der Waals surface area contributed by atoms with Crippen molar-refractivity contribution >= 4 is 23.6 Å². The zero-order valence-electron chi connectivity index (χ0n) is 11.5. The Kier molecular flexibility index (Phi) is 4.70. The van der Waals surface area contributed by atoms with E-state index in [1.54, 1.807) is 0 Å². The predicted molar refractivity (Wildman–Crippen MR) is 78.7 cm³/mol. The molecule has 2 rings (SSSR count). The molecule has 1 aliphatic carbocycles. The van der Waals surface area contributed by atoms with Gasteiger partial charge in [0.05, 0.1) is 10.7 Å². The van der Waals surface area contributed by atoms with Gasteiger partial charge in [0.15, 0.2) is 0 Å². The highest BCUT2D eigenvalue weighted by Crippen LogP contribution is 2.45. The summed E-state index contributed by atoms with van der Waals surface area (Å²) >= 11 is 1.52. The zero-order valence-corrected chi connectivity index (χ0v) is 12.3. The molecule has 4 nitrogen and oxygen atoms in total. The first-order valence-electron chi connectivity index (χ1n) is 6.80. The lowest BCUT2D eigenvalue weighted by Crippen LogP contribution is -2.38. The van der Waals surface area contributed by atoms with Crippen LogP contribution in [0.15, 0.2) is 35.2 Å². The Hall–Kier alpha value is -1.49. The molecule has 0 spiro atoms. The highest BCUT2D eigenvalue weighted by atomic mass is 32.2. The third-order valence-corrected chi connectivity index (χ3v) is 4.97. The number of amides is 1. The summed E-state index contributed by atoms with van der Waals surface area (Å²) in [5.74, 6) is -0.879. The van der Waals surface area contributed by atoms with Gasteiger partial charge in [0.25, 0.3) is 0 Å². The molecule has 2 N–H and O–H groups in total. The highest BCUT2D eigenvalue weighted by Gasteiger charge is 2.50. The molecule has 0 saturated heterocycles. The fourth-order valence-corrected chi connectivity index (χ4v) is 2.97. The number of rotatable bonds is 7. The molecule has 1 aromatic rings. The Morgan fingerprint density at radius 2 is 2.00 bits per heavy atom. The lowest BCUT2D eigenvalue weighted by Gasteiger charge is -2.17. The molecule has 0 bridgehead atoms. The molecule has 1 aromatic carbocycles. The summed E-state index contributed by atoms with van der Waals surface area (Å²) in [6, 6.07) is 9.77. The number of carbonyl (C=O) groups is 2. The van der Waals surface area contributed by atoms with Crippen LogP contribution in [-0.4, -0.2) is 28.8 Å². The summed E-state index contributed by atoms with van der Waals surface area (Å²) in [4.78, 5) is 24.3. The third-order valence-electron chi connectivity index (χ3n) is 3.59. The van der Waals surface area contributed by atoms with E-state index in [0.29, 0.717) is 19.3 Å². The van der Waals surface area contributed by atoms with Gasteiger partial charge in [-0.05, 0) is 31.4 Å². The summed E-state index contributed by atoms with van der Waals surface area (Å²) in [7, 11) is 0. The number of benzene rings is 1. The second-order valence-electron chi connectivity index (χ2n) is 5.13. The third kappa shape index (κ3) is 3.54. The molecule has 20 heavy (non-hydrogen) atoms. The van der Waals surface area contributed by atoms with E-state index in [1.165, 1.54) is 11.8 Å². The molecule has 5 heteroatoms. The first kappa shape index (κ1) is 14.9. The number of nitrogens with one attached hydrogen (secondary N) is 1. The quantitative estimate of drug-likeness (QED) is 0.758. The van der Waals surface area contributed by atoms with Gasteiger partial charge in [0.2, 0.25) is 5.91 Å². The van der Waals surface area contributed by atoms with Crippen molar-refractivity contribution in [1.29, 1.82) is 0 Å². The molecule has 1 atom stereocenters. The Morgan fingerprint density at radius 3 is 2.50 bits per heavy atom. The summed E-state index contributed by atoms with van der Waals surface area (Å²) in [6.45, 7) is 2.21. The second-order valence-corrected chi connectivity index (χ2v) is 6.41. The molecule has 0 aromatic heterocycles. The monoisotopic (exact) mass is 293 g/mol. The van der Waals surface area contributed by atoms with Crippen molar-refractivity contribution in [2.45, 2.75) is 36.3 Å². The van der Waals surface area contributed by atoms with Crippen LogP contribution in [0.2, 0.25) is 0 Å². The lowest BCUT2D eigenvalue weighted by molar-refractivity contribution is -0.143. The van der Waals surface area contributed by atoms with E-state index in [-0.39, 0.29) is 17.7 Å². The predicted octanol–water partition coefficient (Wildman–Crippen LogP) is 2.54. The maximum atomic E-state index is 12.2. The average Bonchev–Trinajstić information content (AvgIpc) is 3.24. The number of carboxylic acids is 1. The Bertz CT molecular complexity index is 485. The highest BCUT2D eigenvalue weighted by molar-refractivity contribution is 8.00. The molecule has 0 heterocycles. The number of carboxylic acid groups (broad SMARTS) is 1. The van der Waals surface area contributed by atoms with Crippen molar-refractivity contribution in [3.63, 3.8) is 0 Å². The van der Waals surface area contributed by atoms with E-state index in [2.05, 4.69) is 5.32 Å². The summed E-state index contributed by atoms with van der Waals surface area (Å²) in [5, 5.41) is 11.7. The summed E-state index contributed by atoms with van der Waals surface area (Å²) < 4.78 is 0. The van der Waals surface area contributed by atoms with Gasteiger partial charge in [-0.2, -0.15) is 0 Å². The largest absolute Gasteiger partial charge is 0.481 e. The normalized spacial score (nSPS) is 17.2. The van der Waals surface area contributed by atoms with Gasteiger partial charge >= 0.3 is 5.97 Å². The molecule has 108 valence electrons. The van der Waals surface area contributed by atoms with Crippen molar-refractivity contribution in [2.75, 3.05) is 6.54 Å². The maximum Gasteiger partial charge on any atom is 0.311 e. The SMILES string of the molecule is CCC(Sc1ccccc1)C(=O)NCC1(C(=O)O)CC1. The van der Waals surface area contributed by atoms with Crippen LogP contribution in [0, 0.1) is 5.41 Å². The van der Waals surface area contributed by atoms with Gasteiger partial charge in [0, 0.05) is 11.4 Å². The molecule has 1 fully saturated rings. The van der Waals surface area contributed by atoms with E-state index >= 15 is 0 Å². The fourth-order valence-electron chi connectivity index (χ4n) is 1.97.